The largest absolute Gasteiger partial charge is 0.396 e. The fraction of sp³-hybridized carbons (Fsp3) is 0.500. The minimum Gasteiger partial charge on any atom is -0.396 e. The third-order valence-electron chi connectivity index (χ3n) is 2.58. The van der Waals surface area contributed by atoms with Crippen molar-refractivity contribution < 1.29 is 9.90 Å². The first-order valence-electron chi connectivity index (χ1n) is 5.46. The quantitative estimate of drug-likeness (QED) is 0.712. The van der Waals surface area contributed by atoms with E-state index < -0.39 is 0 Å². The molecule has 1 heterocycles. The first kappa shape index (κ1) is 13.3. The van der Waals surface area contributed by atoms with Gasteiger partial charge in [0.2, 0.25) is 0 Å². The maximum Gasteiger partial charge on any atom is 0.252 e. The van der Waals surface area contributed by atoms with Gasteiger partial charge in [-0.25, -0.2) is 0 Å². The number of hydrogen-bond donors (Lipinski definition) is 3. The zero-order valence-corrected chi connectivity index (χ0v) is 10.1. The number of nitrogens with zero attached hydrogens (tertiary/aromatic N) is 1. The third kappa shape index (κ3) is 3.93. The molecule has 92 valence electrons. The first-order chi connectivity index (χ1) is 7.98. The molecule has 1 rings (SSSR count). The number of nitriles is 1. The topological polar surface area (TPSA) is 88.9 Å². The highest BCUT2D eigenvalue weighted by Gasteiger charge is 2.18. The van der Waals surface area contributed by atoms with Gasteiger partial charge in [-0.15, -0.1) is 0 Å². The number of H-pyrrole nitrogens is 1. The summed E-state index contributed by atoms with van der Waals surface area (Å²) in [4.78, 5) is 14.4. The molecule has 1 aromatic heterocycles. The van der Waals surface area contributed by atoms with E-state index in [9.17, 15) is 4.79 Å². The SMILES string of the molecule is CC(C)(CCO)CNC(=O)c1c[nH]c(C#N)c1. The van der Waals surface area contributed by atoms with E-state index in [0.29, 0.717) is 24.2 Å². The summed E-state index contributed by atoms with van der Waals surface area (Å²) < 4.78 is 0. The summed E-state index contributed by atoms with van der Waals surface area (Å²) in [7, 11) is 0. The monoisotopic (exact) mass is 235 g/mol. The summed E-state index contributed by atoms with van der Waals surface area (Å²) in [6.07, 6.45) is 2.14. The predicted molar refractivity (Wildman–Crippen MR) is 63.3 cm³/mol. The van der Waals surface area contributed by atoms with Crippen LogP contribution in [0.25, 0.3) is 0 Å². The molecule has 0 bridgehead atoms. The molecule has 0 aliphatic rings. The average Bonchev–Trinajstić information content (AvgIpc) is 2.74. The van der Waals surface area contributed by atoms with E-state index in [4.69, 9.17) is 10.4 Å². The molecule has 0 aromatic carbocycles. The van der Waals surface area contributed by atoms with E-state index in [1.807, 2.05) is 19.9 Å². The Morgan fingerprint density at radius 2 is 2.35 bits per heavy atom. The molecule has 0 saturated carbocycles. The highest BCUT2D eigenvalue weighted by Crippen LogP contribution is 2.18. The molecule has 1 amide bonds. The van der Waals surface area contributed by atoms with E-state index in [0.717, 1.165) is 0 Å². The number of carbonyl (C=O) groups excluding carboxylic acids is 1. The molecule has 0 aliphatic heterocycles. The van der Waals surface area contributed by atoms with Crippen molar-refractivity contribution in [2.24, 2.45) is 5.41 Å². The van der Waals surface area contributed by atoms with Crippen LogP contribution in [-0.2, 0) is 0 Å². The Balaban J connectivity index is 2.53. The Labute approximate surface area is 100 Å². The van der Waals surface area contributed by atoms with Crippen molar-refractivity contribution >= 4 is 5.91 Å². The number of carbonyl (C=O) groups is 1. The molecular formula is C12H17N3O2. The fourth-order valence-electron chi connectivity index (χ4n) is 1.40. The number of aliphatic hydroxyl groups is 1. The first-order valence-corrected chi connectivity index (χ1v) is 5.46. The second-order valence-corrected chi connectivity index (χ2v) is 4.73. The van der Waals surface area contributed by atoms with Gasteiger partial charge in [-0.05, 0) is 17.9 Å². The van der Waals surface area contributed by atoms with Crippen molar-refractivity contribution in [2.75, 3.05) is 13.2 Å². The van der Waals surface area contributed by atoms with Gasteiger partial charge in [0.05, 0.1) is 5.56 Å². The zero-order chi connectivity index (χ0) is 12.9. The average molecular weight is 235 g/mol. The van der Waals surface area contributed by atoms with Crippen LogP contribution in [0.3, 0.4) is 0 Å². The van der Waals surface area contributed by atoms with E-state index in [-0.39, 0.29) is 17.9 Å². The normalized spacial score (nSPS) is 10.9. The van der Waals surface area contributed by atoms with Crippen LogP contribution in [0.2, 0.25) is 0 Å². The van der Waals surface area contributed by atoms with Crippen molar-refractivity contribution in [1.82, 2.24) is 10.3 Å². The highest BCUT2D eigenvalue weighted by atomic mass is 16.3. The Morgan fingerprint density at radius 3 is 2.88 bits per heavy atom. The van der Waals surface area contributed by atoms with Gasteiger partial charge < -0.3 is 15.4 Å². The van der Waals surface area contributed by atoms with Crippen molar-refractivity contribution in [3.05, 3.63) is 23.5 Å². The molecule has 0 atom stereocenters. The minimum atomic E-state index is -0.214. The summed E-state index contributed by atoms with van der Waals surface area (Å²) in [5, 5.41) is 20.3. The molecule has 5 nitrogen and oxygen atoms in total. The molecule has 0 fully saturated rings. The van der Waals surface area contributed by atoms with Gasteiger partial charge in [0.1, 0.15) is 11.8 Å². The Bertz CT molecular complexity index is 429. The van der Waals surface area contributed by atoms with Crippen LogP contribution >= 0.6 is 0 Å². The molecule has 3 N–H and O–H groups in total. The van der Waals surface area contributed by atoms with E-state index >= 15 is 0 Å². The molecule has 17 heavy (non-hydrogen) atoms. The van der Waals surface area contributed by atoms with Gasteiger partial charge in [0.15, 0.2) is 0 Å². The molecule has 5 heteroatoms. The summed E-state index contributed by atoms with van der Waals surface area (Å²) in [6, 6.07) is 3.43. The summed E-state index contributed by atoms with van der Waals surface area (Å²) in [5.41, 5.74) is 0.671. The van der Waals surface area contributed by atoms with Crippen LogP contribution < -0.4 is 5.32 Å². The van der Waals surface area contributed by atoms with Gasteiger partial charge in [0.25, 0.3) is 5.91 Å². The predicted octanol–water partition coefficient (Wildman–Crippen LogP) is 1.02. The maximum atomic E-state index is 11.7. The number of aromatic nitrogens is 1. The van der Waals surface area contributed by atoms with Gasteiger partial charge in [0, 0.05) is 19.3 Å². The smallest absolute Gasteiger partial charge is 0.252 e. The third-order valence-corrected chi connectivity index (χ3v) is 2.58. The van der Waals surface area contributed by atoms with E-state index in [1.54, 1.807) is 0 Å². The molecule has 0 unspecified atom stereocenters. The lowest BCUT2D eigenvalue weighted by molar-refractivity contribution is 0.0928. The maximum absolute atomic E-state index is 11.7. The summed E-state index contributed by atoms with van der Waals surface area (Å²) in [6.45, 7) is 4.54. The van der Waals surface area contributed by atoms with Crippen LogP contribution in [0.5, 0.6) is 0 Å². The van der Waals surface area contributed by atoms with Crippen molar-refractivity contribution in [1.29, 1.82) is 5.26 Å². The number of hydrogen-bond acceptors (Lipinski definition) is 3. The molecule has 0 aliphatic carbocycles. The lowest BCUT2D eigenvalue weighted by Gasteiger charge is -2.23. The van der Waals surface area contributed by atoms with Crippen LogP contribution in [0.4, 0.5) is 0 Å². The zero-order valence-electron chi connectivity index (χ0n) is 10.1. The molecule has 0 saturated heterocycles. The molecular weight excluding hydrogens is 218 g/mol. The van der Waals surface area contributed by atoms with E-state index in [1.165, 1.54) is 12.3 Å². The van der Waals surface area contributed by atoms with E-state index in [2.05, 4.69) is 10.3 Å². The number of aromatic amines is 1. The standard InChI is InChI=1S/C12H17N3O2/c1-12(2,3-4-16)8-15-11(17)9-5-10(6-13)14-7-9/h5,7,14,16H,3-4,8H2,1-2H3,(H,15,17). The van der Waals surface area contributed by atoms with Gasteiger partial charge >= 0.3 is 0 Å². The van der Waals surface area contributed by atoms with Crippen LogP contribution in [0, 0.1) is 16.7 Å². The Morgan fingerprint density at radius 1 is 1.65 bits per heavy atom. The molecule has 0 radical (unpaired) electrons. The summed E-state index contributed by atoms with van der Waals surface area (Å²) in [5.74, 6) is -0.214. The lowest BCUT2D eigenvalue weighted by Crippen LogP contribution is -2.34. The van der Waals surface area contributed by atoms with Crippen LogP contribution in [0.15, 0.2) is 12.3 Å². The Kier molecular flexibility index (Phi) is 4.30. The number of rotatable bonds is 5. The van der Waals surface area contributed by atoms with Crippen LogP contribution in [-0.4, -0.2) is 29.1 Å². The van der Waals surface area contributed by atoms with Gasteiger partial charge in [-0.2, -0.15) is 5.26 Å². The van der Waals surface area contributed by atoms with Gasteiger partial charge in [-0.1, -0.05) is 13.8 Å². The minimum absolute atomic E-state index is 0.103. The Hall–Kier alpha value is -1.80. The van der Waals surface area contributed by atoms with Gasteiger partial charge in [-0.3, -0.25) is 4.79 Å². The second kappa shape index (κ2) is 5.51. The fourth-order valence-corrected chi connectivity index (χ4v) is 1.40. The summed E-state index contributed by atoms with van der Waals surface area (Å²) >= 11 is 0. The van der Waals surface area contributed by atoms with Crippen molar-refractivity contribution in [3.63, 3.8) is 0 Å². The van der Waals surface area contributed by atoms with Crippen molar-refractivity contribution in [2.45, 2.75) is 20.3 Å². The molecule has 1 aromatic rings. The molecule has 0 spiro atoms. The lowest BCUT2D eigenvalue weighted by atomic mass is 9.90. The number of aliphatic hydroxyl groups excluding tert-OH is 1. The second-order valence-electron chi connectivity index (χ2n) is 4.73. The highest BCUT2D eigenvalue weighted by molar-refractivity contribution is 5.94. The van der Waals surface area contributed by atoms with Crippen LogP contribution in [0.1, 0.15) is 36.3 Å². The number of nitrogens with one attached hydrogen (secondary N) is 2. The van der Waals surface area contributed by atoms with Crippen molar-refractivity contribution in [3.8, 4) is 6.07 Å². The number of amides is 1.